The zero-order valence-electron chi connectivity index (χ0n) is 8.79. The van der Waals surface area contributed by atoms with Gasteiger partial charge >= 0.3 is 0 Å². The first-order chi connectivity index (χ1) is 8.58. The van der Waals surface area contributed by atoms with Crippen molar-refractivity contribution >= 4 is 28.1 Å². The Morgan fingerprint density at radius 1 is 1.50 bits per heavy atom. The number of aromatic nitrogens is 1. The maximum atomic E-state index is 13.4. The van der Waals surface area contributed by atoms with Crippen LogP contribution in [0.4, 0.5) is 15.2 Å². The third kappa shape index (κ3) is 2.48. The highest BCUT2D eigenvalue weighted by molar-refractivity contribution is 7.13. The number of halogens is 1. The van der Waals surface area contributed by atoms with Crippen LogP contribution in [0.3, 0.4) is 0 Å². The van der Waals surface area contributed by atoms with Crippen LogP contribution < -0.4 is 5.32 Å². The summed E-state index contributed by atoms with van der Waals surface area (Å²) in [5, 5.41) is 14.8. The van der Waals surface area contributed by atoms with E-state index in [1.807, 2.05) is 0 Å². The summed E-state index contributed by atoms with van der Waals surface area (Å²) in [5.41, 5.74) is -0.736. The Labute approximate surface area is 104 Å². The first-order valence-electron chi connectivity index (χ1n) is 4.72. The van der Waals surface area contributed by atoms with Gasteiger partial charge in [-0.05, 0) is 6.07 Å². The number of anilines is 1. The number of non-ortho nitro benzene ring substituents is 1. The van der Waals surface area contributed by atoms with E-state index < -0.39 is 16.6 Å². The molecule has 1 aromatic carbocycles. The Kier molecular flexibility index (Phi) is 3.28. The summed E-state index contributed by atoms with van der Waals surface area (Å²) in [6.45, 7) is 0. The molecule has 2 rings (SSSR count). The van der Waals surface area contributed by atoms with Crippen molar-refractivity contribution in [3.8, 4) is 0 Å². The van der Waals surface area contributed by atoms with Gasteiger partial charge in [0.25, 0.3) is 11.6 Å². The lowest BCUT2D eigenvalue weighted by Gasteiger charge is -2.02. The summed E-state index contributed by atoms with van der Waals surface area (Å²) in [6.07, 6.45) is 1.48. The van der Waals surface area contributed by atoms with Gasteiger partial charge in [-0.3, -0.25) is 20.2 Å². The molecule has 0 atom stereocenters. The van der Waals surface area contributed by atoms with Crippen molar-refractivity contribution in [1.82, 2.24) is 4.98 Å². The number of carbonyl (C=O) groups excluding carboxylic acids is 1. The zero-order valence-corrected chi connectivity index (χ0v) is 9.61. The van der Waals surface area contributed by atoms with Crippen LogP contribution in [0.2, 0.25) is 0 Å². The molecule has 2 aromatic rings. The minimum atomic E-state index is -0.824. The summed E-state index contributed by atoms with van der Waals surface area (Å²) in [7, 11) is 0. The highest BCUT2D eigenvalue weighted by Gasteiger charge is 2.17. The van der Waals surface area contributed by atoms with E-state index in [0.717, 1.165) is 29.5 Å². The number of hydrogen-bond acceptors (Lipinski definition) is 5. The molecule has 1 heterocycles. The van der Waals surface area contributed by atoms with Gasteiger partial charge in [0.2, 0.25) is 0 Å². The van der Waals surface area contributed by atoms with Crippen LogP contribution in [0.1, 0.15) is 10.4 Å². The zero-order chi connectivity index (χ0) is 13.1. The first kappa shape index (κ1) is 12.1. The Balaban J connectivity index is 2.29. The summed E-state index contributed by atoms with van der Waals surface area (Å²) in [6, 6.07) is 2.77. The van der Waals surface area contributed by atoms with E-state index in [0.29, 0.717) is 5.13 Å². The normalized spacial score (nSPS) is 10.1. The number of thiazole rings is 1. The molecular formula is C10H6FN3O3S. The average Bonchev–Trinajstić information content (AvgIpc) is 2.81. The highest BCUT2D eigenvalue weighted by atomic mass is 32.1. The van der Waals surface area contributed by atoms with Crippen molar-refractivity contribution in [3.63, 3.8) is 0 Å². The summed E-state index contributed by atoms with van der Waals surface area (Å²) < 4.78 is 13.4. The van der Waals surface area contributed by atoms with Crippen molar-refractivity contribution in [3.05, 3.63) is 51.3 Å². The van der Waals surface area contributed by atoms with Crippen LogP contribution in [0.25, 0.3) is 0 Å². The molecule has 8 heteroatoms. The van der Waals surface area contributed by atoms with E-state index in [4.69, 9.17) is 0 Å². The van der Waals surface area contributed by atoms with E-state index in [-0.39, 0.29) is 11.3 Å². The number of nitro groups is 1. The molecule has 1 amide bonds. The molecule has 0 spiro atoms. The fraction of sp³-hybridized carbons (Fsp3) is 0. The molecular weight excluding hydrogens is 261 g/mol. The lowest BCUT2D eigenvalue weighted by atomic mass is 10.2. The van der Waals surface area contributed by atoms with Gasteiger partial charge in [-0.2, -0.15) is 0 Å². The Hall–Kier alpha value is -2.35. The van der Waals surface area contributed by atoms with E-state index in [9.17, 15) is 19.3 Å². The quantitative estimate of drug-likeness (QED) is 0.683. The van der Waals surface area contributed by atoms with Gasteiger partial charge in [-0.15, -0.1) is 11.3 Å². The number of amides is 1. The van der Waals surface area contributed by atoms with E-state index in [1.165, 1.54) is 6.20 Å². The Bertz CT molecular complexity index is 600. The van der Waals surface area contributed by atoms with Crippen molar-refractivity contribution in [2.24, 2.45) is 0 Å². The predicted octanol–water partition coefficient (Wildman–Crippen LogP) is 2.44. The van der Waals surface area contributed by atoms with Gasteiger partial charge in [0, 0.05) is 23.7 Å². The molecule has 0 radical (unpaired) electrons. The second-order valence-electron chi connectivity index (χ2n) is 3.21. The second kappa shape index (κ2) is 4.88. The second-order valence-corrected chi connectivity index (χ2v) is 4.11. The molecule has 0 bridgehead atoms. The van der Waals surface area contributed by atoms with Crippen molar-refractivity contribution in [2.75, 3.05) is 5.32 Å². The maximum absolute atomic E-state index is 13.4. The number of nitrogens with zero attached hydrogens (tertiary/aromatic N) is 2. The van der Waals surface area contributed by atoms with E-state index in [2.05, 4.69) is 10.3 Å². The molecule has 0 aliphatic carbocycles. The summed E-state index contributed by atoms with van der Waals surface area (Å²) >= 11 is 1.16. The van der Waals surface area contributed by atoms with Crippen LogP contribution in [0.15, 0.2) is 29.8 Å². The molecule has 0 unspecified atom stereocenters. The molecule has 92 valence electrons. The van der Waals surface area contributed by atoms with Gasteiger partial charge in [0.05, 0.1) is 10.5 Å². The highest BCUT2D eigenvalue weighted by Crippen LogP contribution is 2.19. The third-order valence-corrected chi connectivity index (χ3v) is 2.75. The minimum Gasteiger partial charge on any atom is -0.298 e. The molecule has 0 fully saturated rings. The fourth-order valence-corrected chi connectivity index (χ4v) is 1.77. The molecule has 0 saturated heterocycles. The van der Waals surface area contributed by atoms with Crippen molar-refractivity contribution in [1.29, 1.82) is 0 Å². The number of rotatable bonds is 3. The van der Waals surface area contributed by atoms with Crippen LogP contribution in [0, 0.1) is 15.9 Å². The summed E-state index contributed by atoms with van der Waals surface area (Å²) in [5.74, 6) is -1.60. The van der Waals surface area contributed by atoms with Crippen LogP contribution in [-0.4, -0.2) is 15.8 Å². The van der Waals surface area contributed by atoms with E-state index >= 15 is 0 Å². The minimum absolute atomic E-state index is 0.297. The smallest absolute Gasteiger partial charge is 0.270 e. The maximum Gasteiger partial charge on any atom is 0.270 e. The molecule has 0 aliphatic heterocycles. The monoisotopic (exact) mass is 267 g/mol. The molecule has 6 nitrogen and oxygen atoms in total. The fourth-order valence-electron chi connectivity index (χ4n) is 1.25. The Morgan fingerprint density at radius 2 is 2.28 bits per heavy atom. The SMILES string of the molecule is O=C(Nc1nccs1)c1cc([N+](=O)[O-])ccc1F. The molecule has 1 N–H and O–H groups in total. The number of carbonyl (C=O) groups is 1. The average molecular weight is 267 g/mol. The van der Waals surface area contributed by atoms with Gasteiger partial charge < -0.3 is 0 Å². The van der Waals surface area contributed by atoms with Gasteiger partial charge in [-0.25, -0.2) is 9.37 Å². The standard InChI is InChI=1S/C10H6FN3O3S/c11-8-2-1-6(14(16)17)5-7(8)9(15)13-10-12-3-4-18-10/h1-5H,(H,12,13,15). The molecule has 0 saturated carbocycles. The summed E-state index contributed by atoms with van der Waals surface area (Å²) in [4.78, 5) is 25.4. The van der Waals surface area contributed by atoms with Crippen LogP contribution >= 0.6 is 11.3 Å². The van der Waals surface area contributed by atoms with Crippen LogP contribution in [-0.2, 0) is 0 Å². The topological polar surface area (TPSA) is 85.1 Å². The van der Waals surface area contributed by atoms with E-state index in [1.54, 1.807) is 5.38 Å². The largest absolute Gasteiger partial charge is 0.298 e. The van der Waals surface area contributed by atoms with Crippen molar-refractivity contribution < 1.29 is 14.1 Å². The molecule has 18 heavy (non-hydrogen) atoms. The van der Waals surface area contributed by atoms with Gasteiger partial charge in [0.15, 0.2) is 5.13 Å². The number of nitrogens with one attached hydrogen (secondary N) is 1. The van der Waals surface area contributed by atoms with Gasteiger partial charge in [0.1, 0.15) is 5.82 Å². The number of hydrogen-bond donors (Lipinski definition) is 1. The predicted molar refractivity (Wildman–Crippen MR) is 63.1 cm³/mol. The van der Waals surface area contributed by atoms with Crippen LogP contribution in [0.5, 0.6) is 0 Å². The number of nitro benzene ring substituents is 1. The number of benzene rings is 1. The van der Waals surface area contributed by atoms with Crippen molar-refractivity contribution in [2.45, 2.75) is 0 Å². The van der Waals surface area contributed by atoms with Gasteiger partial charge in [-0.1, -0.05) is 0 Å². The Morgan fingerprint density at radius 3 is 2.89 bits per heavy atom. The third-order valence-electron chi connectivity index (χ3n) is 2.06. The molecule has 0 aliphatic rings. The lowest BCUT2D eigenvalue weighted by molar-refractivity contribution is -0.384. The molecule has 1 aromatic heterocycles. The first-order valence-corrected chi connectivity index (χ1v) is 5.60. The lowest BCUT2D eigenvalue weighted by Crippen LogP contribution is -2.13.